The second-order valence-electron chi connectivity index (χ2n) is 7.14. The second-order valence-corrected chi connectivity index (χ2v) is 8.11. The molecule has 2 N–H and O–H groups in total. The molecule has 0 saturated carbocycles. The van der Waals surface area contributed by atoms with Gasteiger partial charge in [0.2, 0.25) is 0 Å². The van der Waals surface area contributed by atoms with Crippen LogP contribution in [0.4, 0.5) is 0 Å². The number of nitrogens with zero attached hydrogens (tertiary/aromatic N) is 3. The normalized spacial score (nSPS) is 16.0. The Morgan fingerprint density at radius 3 is 2.96 bits per heavy atom. The van der Waals surface area contributed by atoms with E-state index < -0.39 is 0 Å². The van der Waals surface area contributed by atoms with Gasteiger partial charge in [0.1, 0.15) is 5.01 Å². The molecule has 146 valence electrons. The number of aromatic nitrogens is 3. The lowest BCUT2D eigenvalue weighted by molar-refractivity contribution is 0.0947. The molecular formula is C21H25N5OS. The Hall–Kier alpha value is -2.51. The average molecular weight is 396 g/mol. The second kappa shape index (κ2) is 8.67. The van der Waals surface area contributed by atoms with Gasteiger partial charge in [-0.05, 0) is 31.2 Å². The maximum atomic E-state index is 12.8. The summed E-state index contributed by atoms with van der Waals surface area (Å²) in [6.07, 6.45) is 5.47. The number of thiazole rings is 1. The van der Waals surface area contributed by atoms with E-state index in [1.165, 1.54) is 11.3 Å². The van der Waals surface area contributed by atoms with Crippen LogP contribution < -0.4 is 10.6 Å². The van der Waals surface area contributed by atoms with E-state index in [1.807, 2.05) is 41.5 Å². The summed E-state index contributed by atoms with van der Waals surface area (Å²) >= 11 is 1.66. The maximum absolute atomic E-state index is 12.8. The number of fused-ring (bicyclic) bond motifs is 1. The number of nitrogens with one attached hydrogen (secondary N) is 2. The smallest absolute Gasteiger partial charge is 0.272 e. The molecule has 3 aromatic rings. The van der Waals surface area contributed by atoms with Crippen LogP contribution >= 0.6 is 11.3 Å². The average Bonchev–Trinajstić information content (AvgIpc) is 3.35. The van der Waals surface area contributed by atoms with Crippen molar-refractivity contribution in [3.05, 3.63) is 69.4 Å². The van der Waals surface area contributed by atoms with Crippen LogP contribution in [0.1, 0.15) is 38.7 Å². The molecular weight excluding hydrogens is 370 g/mol. The Balaban J connectivity index is 1.38. The van der Waals surface area contributed by atoms with Gasteiger partial charge in [-0.25, -0.2) is 4.98 Å². The van der Waals surface area contributed by atoms with Gasteiger partial charge >= 0.3 is 0 Å². The predicted molar refractivity (Wildman–Crippen MR) is 110 cm³/mol. The zero-order chi connectivity index (χ0) is 19.3. The Morgan fingerprint density at radius 1 is 1.32 bits per heavy atom. The first-order chi connectivity index (χ1) is 13.7. The molecule has 0 radical (unpaired) electrons. The summed E-state index contributed by atoms with van der Waals surface area (Å²) in [6.45, 7) is 1.39. The van der Waals surface area contributed by atoms with E-state index in [0.717, 1.165) is 42.8 Å². The fourth-order valence-electron chi connectivity index (χ4n) is 3.77. The van der Waals surface area contributed by atoms with Gasteiger partial charge in [0.25, 0.3) is 5.91 Å². The number of benzene rings is 1. The van der Waals surface area contributed by atoms with Crippen LogP contribution in [-0.4, -0.2) is 33.3 Å². The molecule has 7 heteroatoms. The predicted octanol–water partition coefficient (Wildman–Crippen LogP) is 2.50. The van der Waals surface area contributed by atoms with E-state index in [0.29, 0.717) is 18.3 Å². The molecule has 1 atom stereocenters. The van der Waals surface area contributed by atoms with Crippen molar-refractivity contribution in [2.75, 3.05) is 6.54 Å². The Kier molecular flexibility index (Phi) is 5.83. The zero-order valence-corrected chi connectivity index (χ0v) is 16.8. The number of amides is 1. The standard InChI is InChI=1S/C21H25N5OS/c1-26-18-8-7-16(24-14-19-22-11-12-28-19)13-17(18)20(25-26)21(27)23-10-9-15-5-3-2-4-6-15/h2-6,11-12,16,24H,7-10,13-14H2,1H3,(H,23,27)/t16-/m0/s1. The minimum absolute atomic E-state index is 0.0756. The Bertz CT molecular complexity index is 920. The van der Waals surface area contributed by atoms with Gasteiger partial charge in [0, 0.05) is 49.0 Å². The minimum Gasteiger partial charge on any atom is -0.350 e. The molecule has 6 nitrogen and oxygen atoms in total. The van der Waals surface area contributed by atoms with Crippen molar-refractivity contribution in [1.82, 2.24) is 25.4 Å². The third kappa shape index (κ3) is 4.31. The van der Waals surface area contributed by atoms with E-state index >= 15 is 0 Å². The molecule has 0 unspecified atom stereocenters. The molecule has 1 aliphatic carbocycles. The van der Waals surface area contributed by atoms with Gasteiger partial charge in [-0.1, -0.05) is 30.3 Å². The lowest BCUT2D eigenvalue weighted by atomic mass is 9.91. The number of rotatable bonds is 7. The Morgan fingerprint density at radius 2 is 2.18 bits per heavy atom. The summed E-state index contributed by atoms with van der Waals surface area (Å²) in [5.41, 5.74) is 4.06. The first-order valence-corrected chi connectivity index (χ1v) is 10.6. The third-order valence-corrected chi connectivity index (χ3v) is 6.02. The molecule has 1 aliphatic rings. The lowest BCUT2D eigenvalue weighted by Gasteiger charge is -2.23. The van der Waals surface area contributed by atoms with E-state index in [2.05, 4.69) is 32.8 Å². The summed E-state index contributed by atoms with van der Waals surface area (Å²) in [5, 5.41) is 14.2. The number of aryl methyl sites for hydroxylation is 1. The fourth-order valence-corrected chi connectivity index (χ4v) is 4.33. The SMILES string of the molecule is Cn1nc(C(=O)NCCc2ccccc2)c2c1CC[C@H](NCc1nccs1)C2. The molecule has 1 aromatic carbocycles. The monoisotopic (exact) mass is 395 g/mol. The van der Waals surface area contributed by atoms with Crippen LogP contribution in [0.25, 0.3) is 0 Å². The highest BCUT2D eigenvalue weighted by Crippen LogP contribution is 2.24. The van der Waals surface area contributed by atoms with E-state index in [9.17, 15) is 4.79 Å². The van der Waals surface area contributed by atoms with Crippen molar-refractivity contribution < 1.29 is 4.79 Å². The molecule has 0 spiro atoms. The van der Waals surface area contributed by atoms with Gasteiger partial charge in [0.15, 0.2) is 5.69 Å². The summed E-state index contributed by atoms with van der Waals surface area (Å²) in [5.74, 6) is -0.0756. The summed E-state index contributed by atoms with van der Waals surface area (Å²) in [6, 6.07) is 10.5. The van der Waals surface area contributed by atoms with Crippen LogP contribution in [0.2, 0.25) is 0 Å². The molecule has 0 bridgehead atoms. The van der Waals surface area contributed by atoms with E-state index in [4.69, 9.17) is 0 Å². The van der Waals surface area contributed by atoms with E-state index in [1.54, 1.807) is 11.3 Å². The van der Waals surface area contributed by atoms with Crippen molar-refractivity contribution in [2.24, 2.45) is 7.05 Å². The van der Waals surface area contributed by atoms with E-state index in [-0.39, 0.29) is 5.91 Å². The van der Waals surface area contributed by atoms with Crippen LogP contribution in [0.5, 0.6) is 0 Å². The largest absolute Gasteiger partial charge is 0.350 e. The molecule has 2 heterocycles. The number of carbonyl (C=O) groups excluding carboxylic acids is 1. The molecule has 0 fully saturated rings. The first kappa shape index (κ1) is 18.8. The van der Waals surface area contributed by atoms with Crippen LogP contribution in [0.15, 0.2) is 41.9 Å². The van der Waals surface area contributed by atoms with Crippen LogP contribution in [-0.2, 0) is 32.9 Å². The van der Waals surface area contributed by atoms with Crippen molar-refractivity contribution in [1.29, 1.82) is 0 Å². The highest BCUT2D eigenvalue weighted by Gasteiger charge is 2.28. The van der Waals surface area contributed by atoms with Gasteiger partial charge in [-0.15, -0.1) is 11.3 Å². The highest BCUT2D eigenvalue weighted by atomic mass is 32.1. The molecule has 1 amide bonds. The third-order valence-electron chi connectivity index (χ3n) is 5.24. The summed E-state index contributed by atoms with van der Waals surface area (Å²) in [4.78, 5) is 17.1. The van der Waals surface area contributed by atoms with Crippen LogP contribution in [0, 0.1) is 0 Å². The molecule has 0 aliphatic heterocycles. The molecule has 4 rings (SSSR count). The molecule has 2 aromatic heterocycles. The van der Waals surface area contributed by atoms with Crippen molar-refractivity contribution >= 4 is 17.2 Å². The summed E-state index contributed by atoms with van der Waals surface area (Å²) < 4.78 is 1.87. The molecule has 28 heavy (non-hydrogen) atoms. The maximum Gasteiger partial charge on any atom is 0.272 e. The van der Waals surface area contributed by atoms with Crippen LogP contribution in [0.3, 0.4) is 0 Å². The fraction of sp³-hybridized carbons (Fsp3) is 0.381. The van der Waals surface area contributed by atoms with Crippen molar-refractivity contribution in [2.45, 2.75) is 38.3 Å². The summed E-state index contributed by atoms with van der Waals surface area (Å²) in [7, 11) is 1.93. The number of hydrogen-bond donors (Lipinski definition) is 2. The van der Waals surface area contributed by atoms with Gasteiger partial charge in [0.05, 0.1) is 0 Å². The topological polar surface area (TPSA) is 71.8 Å². The first-order valence-electron chi connectivity index (χ1n) is 9.69. The molecule has 0 saturated heterocycles. The van der Waals surface area contributed by atoms with Gasteiger partial charge in [-0.2, -0.15) is 5.10 Å². The van der Waals surface area contributed by atoms with Crippen molar-refractivity contribution in [3.63, 3.8) is 0 Å². The van der Waals surface area contributed by atoms with Gasteiger partial charge < -0.3 is 10.6 Å². The number of carbonyl (C=O) groups is 1. The highest BCUT2D eigenvalue weighted by molar-refractivity contribution is 7.09. The zero-order valence-electron chi connectivity index (χ0n) is 16.0. The minimum atomic E-state index is -0.0756. The van der Waals surface area contributed by atoms with Gasteiger partial charge in [-0.3, -0.25) is 9.48 Å². The Labute approximate surface area is 169 Å². The number of hydrogen-bond acceptors (Lipinski definition) is 5. The van der Waals surface area contributed by atoms with Crippen molar-refractivity contribution in [3.8, 4) is 0 Å². The quantitative estimate of drug-likeness (QED) is 0.645. The lowest BCUT2D eigenvalue weighted by Crippen LogP contribution is -2.35.